The van der Waals surface area contributed by atoms with Gasteiger partial charge in [0.2, 0.25) is 0 Å². The molecule has 15 heavy (non-hydrogen) atoms. The molecule has 2 aliphatic rings. The predicted molar refractivity (Wildman–Crippen MR) is 58.6 cm³/mol. The summed E-state index contributed by atoms with van der Waals surface area (Å²) >= 11 is 0. The van der Waals surface area contributed by atoms with Gasteiger partial charge in [-0.1, -0.05) is 0 Å². The maximum Gasteiger partial charge on any atom is 0.131 e. The third-order valence-electron chi connectivity index (χ3n) is 3.86. The molecule has 1 N–H and O–H groups in total. The fraction of sp³-hybridized carbons (Fsp3) is 0.917. The Kier molecular flexibility index (Phi) is 3.12. The number of carbonyl (C=O) groups excluding carboxylic acids is 1. The molecule has 86 valence electrons. The first-order chi connectivity index (χ1) is 7.08. The van der Waals surface area contributed by atoms with Crippen LogP contribution < -0.4 is 0 Å². The van der Waals surface area contributed by atoms with Crippen molar-refractivity contribution >= 4 is 5.78 Å². The summed E-state index contributed by atoms with van der Waals surface area (Å²) in [5.74, 6) is 0.271. The van der Waals surface area contributed by atoms with Crippen molar-refractivity contribution in [2.45, 2.75) is 70.2 Å². The Bertz CT molecular complexity index is 240. The van der Waals surface area contributed by atoms with E-state index in [1.54, 1.807) is 6.92 Å². The molecule has 2 saturated heterocycles. The van der Waals surface area contributed by atoms with Crippen LogP contribution in [0, 0.1) is 0 Å². The lowest BCUT2D eigenvalue weighted by molar-refractivity contribution is -0.118. The van der Waals surface area contributed by atoms with Gasteiger partial charge in [-0.3, -0.25) is 9.69 Å². The summed E-state index contributed by atoms with van der Waals surface area (Å²) in [4.78, 5) is 13.6. The van der Waals surface area contributed by atoms with Gasteiger partial charge in [0.05, 0.1) is 6.10 Å². The maximum atomic E-state index is 11.1. The molecule has 2 rings (SSSR count). The van der Waals surface area contributed by atoms with Crippen molar-refractivity contribution in [3.05, 3.63) is 0 Å². The maximum absolute atomic E-state index is 11.1. The van der Waals surface area contributed by atoms with Crippen LogP contribution in [-0.4, -0.2) is 40.0 Å². The van der Waals surface area contributed by atoms with Crippen molar-refractivity contribution in [3.63, 3.8) is 0 Å². The SMILES string of the molecule is CC(=O)CC(C)N1C2CCC1CC(O)C2. The Balaban J connectivity index is 2.01. The van der Waals surface area contributed by atoms with E-state index in [1.165, 1.54) is 12.8 Å². The summed E-state index contributed by atoms with van der Waals surface area (Å²) in [5, 5.41) is 9.68. The Morgan fingerprint density at radius 1 is 1.40 bits per heavy atom. The van der Waals surface area contributed by atoms with Gasteiger partial charge in [0.15, 0.2) is 0 Å². The monoisotopic (exact) mass is 211 g/mol. The van der Waals surface area contributed by atoms with Crippen molar-refractivity contribution in [1.82, 2.24) is 4.90 Å². The number of piperidine rings is 1. The number of nitrogens with zero attached hydrogens (tertiary/aromatic N) is 1. The minimum absolute atomic E-state index is 0.108. The van der Waals surface area contributed by atoms with Gasteiger partial charge in [-0.15, -0.1) is 0 Å². The molecule has 0 aromatic carbocycles. The highest BCUT2D eigenvalue weighted by Crippen LogP contribution is 2.37. The van der Waals surface area contributed by atoms with Gasteiger partial charge in [0.25, 0.3) is 0 Å². The smallest absolute Gasteiger partial charge is 0.131 e. The zero-order valence-electron chi connectivity index (χ0n) is 9.65. The number of ketones is 1. The lowest BCUT2D eigenvalue weighted by Crippen LogP contribution is -2.49. The first-order valence-electron chi connectivity index (χ1n) is 6.03. The summed E-state index contributed by atoms with van der Waals surface area (Å²) in [6, 6.07) is 1.40. The van der Waals surface area contributed by atoms with E-state index in [2.05, 4.69) is 11.8 Å². The lowest BCUT2D eigenvalue weighted by Gasteiger charge is -2.41. The van der Waals surface area contributed by atoms with Crippen LogP contribution in [-0.2, 0) is 4.79 Å². The molecule has 3 nitrogen and oxygen atoms in total. The highest BCUT2D eigenvalue weighted by atomic mass is 16.3. The van der Waals surface area contributed by atoms with Gasteiger partial charge in [0.1, 0.15) is 5.78 Å². The number of aliphatic hydroxyl groups excluding tert-OH is 1. The minimum atomic E-state index is -0.108. The van der Waals surface area contributed by atoms with E-state index in [9.17, 15) is 9.90 Å². The van der Waals surface area contributed by atoms with Crippen molar-refractivity contribution in [2.24, 2.45) is 0 Å². The second-order valence-corrected chi connectivity index (χ2v) is 5.21. The van der Waals surface area contributed by atoms with Crippen LogP contribution in [0.1, 0.15) is 46.0 Å². The molecular weight excluding hydrogens is 190 g/mol. The molecule has 3 heteroatoms. The van der Waals surface area contributed by atoms with E-state index in [0.717, 1.165) is 12.8 Å². The summed E-state index contributed by atoms with van der Waals surface area (Å²) in [6.45, 7) is 3.81. The van der Waals surface area contributed by atoms with Crippen LogP contribution in [0.4, 0.5) is 0 Å². The molecule has 0 aliphatic carbocycles. The molecule has 0 spiro atoms. The van der Waals surface area contributed by atoms with E-state index in [1.807, 2.05) is 0 Å². The first kappa shape index (κ1) is 11.1. The van der Waals surface area contributed by atoms with Crippen molar-refractivity contribution < 1.29 is 9.90 Å². The zero-order chi connectivity index (χ0) is 11.0. The number of aliphatic hydroxyl groups is 1. The van der Waals surface area contributed by atoms with Crippen LogP contribution in [0.25, 0.3) is 0 Å². The summed E-state index contributed by atoms with van der Waals surface area (Å²) in [6.07, 6.45) is 4.75. The molecular formula is C12H21NO2. The first-order valence-corrected chi connectivity index (χ1v) is 6.03. The Morgan fingerprint density at radius 2 is 1.93 bits per heavy atom. The van der Waals surface area contributed by atoms with E-state index in [-0.39, 0.29) is 11.9 Å². The van der Waals surface area contributed by atoms with Crippen LogP contribution in [0.2, 0.25) is 0 Å². The second kappa shape index (κ2) is 4.22. The van der Waals surface area contributed by atoms with E-state index >= 15 is 0 Å². The fourth-order valence-electron chi connectivity index (χ4n) is 3.43. The van der Waals surface area contributed by atoms with Crippen molar-refractivity contribution in [2.75, 3.05) is 0 Å². The van der Waals surface area contributed by atoms with Crippen molar-refractivity contribution in [3.8, 4) is 0 Å². The fourth-order valence-corrected chi connectivity index (χ4v) is 3.43. The largest absolute Gasteiger partial charge is 0.393 e. The lowest BCUT2D eigenvalue weighted by atomic mass is 9.96. The van der Waals surface area contributed by atoms with Gasteiger partial charge in [-0.05, 0) is 39.5 Å². The van der Waals surface area contributed by atoms with E-state index in [0.29, 0.717) is 24.5 Å². The van der Waals surface area contributed by atoms with Gasteiger partial charge in [-0.25, -0.2) is 0 Å². The van der Waals surface area contributed by atoms with Crippen LogP contribution in [0.15, 0.2) is 0 Å². The van der Waals surface area contributed by atoms with Gasteiger partial charge in [-0.2, -0.15) is 0 Å². The number of hydrogen-bond donors (Lipinski definition) is 1. The Labute approximate surface area is 91.5 Å². The molecule has 0 aromatic heterocycles. The number of hydrogen-bond acceptors (Lipinski definition) is 3. The number of rotatable bonds is 3. The molecule has 0 radical (unpaired) electrons. The van der Waals surface area contributed by atoms with Gasteiger partial charge < -0.3 is 5.11 Å². The van der Waals surface area contributed by atoms with Gasteiger partial charge in [0, 0.05) is 24.5 Å². The molecule has 0 amide bonds. The van der Waals surface area contributed by atoms with E-state index < -0.39 is 0 Å². The van der Waals surface area contributed by atoms with E-state index in [4.69, 9.17) is 0 Å². The molecule has 2 heterocycles. The molecule has 3 unspecified atom stereocenters. The van der Waals surface area contributed by atoms with Crippen LogP contribution in [0.3, 0.4) is 0 Å². The Morgan fingerprint density at radius 3 is 2.40 bits per heavy atom. The topological polar surface area (TPSA) is 40.5 Å². The molecule has 2 bridgehead atoms. The number of fused-ring (bicyclic) bond motifs is 2. The highest BCUT2D eigenvalue weighted by Gasteiger charge is 2.42. The average molecular weight is 211 g/mol. The summed E-state index contributed by atoms with van der Waals surface area (Å²) in [7, 11) is 0. The third-order valence-corrected chi connectivity index (χ3v) is 3.86. The van der Waals surface area contributed by atoms with Gasteiger partial charge >= 0.3 is 0 Å². The molecule has 3 atom stereocenters. The summed E-state index contributed by atoms with van der Waals surface area (Å²) < 4.78 is 0. The Hall–Kier alpha value is -0.410. The quantitative estimate of drug-likeness (QED) is 0.766. The van der Waals surface area contributed by atoms with Crippen LogP contribution in [0.5, 0.6) is 0 Å². The number of carbonyl (C=O) groups is 1. The number of Topliss-reactive ketones (excluding diaryl/α,β-unsaturated/α-hetero) is 1. The predicted octanol–water partition coefficient (Wildman–Crippen LogP) is 1.34. The molecule has 2 fully saturated rings. The van der Waals surface area contributed by atoms with Crippen LogP contribution >= 0.6 is 0 Å². The highest BCUT2D eigenvalue weighted by molar-refractivity contribution is 5.76. The summed E-state index contributed by atoms with van der Waals surface area (Å²) in [5.41, 5.74) is 0. The third kappa shape index (κ3) is 2.23. The minimum Gasteiger partial charge on any atom is -0.393 e. The standard InChI is InChI=1S/C12H21NO2/c1-8(5-9(2)14)13-10-3-4-11(13)7-12(15)6-10/h8,10-12,15H,3-7H2,1-2H3. The molecule has 0 saturated carbocycles. The second-order valence-electron chi connectivity index (χ2n) is 5.21. The van der Waals surface area contributed by atoms with Crippen molar-refractivity contribution in [1.29, 1.82) is 0 Å². The zero-order valence-corrected chi connectivity index (χ0v) is 9.65. The average Bonchev–Trinajstić information content (AvgIpc) is 2.38. The molecule has 0 aromatic rings. The normalized spacial score (nSPS) is 37.9. The molecule has 2 aliphatic heterocycles.